The zero-order valence-electron chi connectivity index (χ0n) is 9.27. The summed E-state index contributed by atoms with van der Waals surface area (Å²) in [7, 11) is 1.28. The summed E-state index contributed by atoms with van der Waals surface area (Å²) in [6.07, 6.45) is -0.268. The second kappa shape index (κ2) is 4.47. The van der Waals surface area contributed by atoms with Gasteiger partial charge in [0.05, 0.1) is 7.11 Å². The molecule has 1 aromatic carbocycles. The molecule has 1 N–H and O–H groups in total. The largest absolute Gasteiger partial charge is 0.467 e. The molecule has 3 nitrogen and oxygen atoms in total. The Morgan fingerprint density at radius 1 is 1.62 bits per heavy atom. The first kappa shape index (κ1) is 11.5. The molecule has 0 saturated heterocycles. The fourth-order valence-electron chi connectivity index (χ4n) is 1.95. The van der Waals surface area contributed by atoms with Crippen LogP contribution in [0.4, 0.5) is 0 Å². The van der Waals surface area contributed by atoms with Crippen molar-refractivity contribution in [1.82, 2.24) is 0 Å². The van der Waals surface area contributed by atoms with E-state index >= 15 is 0 Å². The standard InChI is InChI=1S/C12H14O3S/c1-7-6-9-8(11(13)12(14)15-2)4-3-5-10(9)16-7/h3-5,7,11,13H,6H2,1-2H3. The summed E-state index contributed by atoms with van der Waals surface area (Å²) in [5, 5.41) is 10.4. The molecule has 0 saturated carbocycles. The number of aliphatic hydroxyl groups is 1. The van der Waals surface area contributed by atoms with Gasteiger partial charge in [-0.15, -0.1) is 11.8 Å². The number of aliphatic hydroxyl groups excluding tert-OH is 1. The van der Waals surface area contributed by atoms with Gasteiger partial charge in [-0.25, -0.2) is 4.79 Å². The van der Waals surface area contributed by atoms with Crippen LogP contribution in [-0.4, -0.2) is 23.4 Å². The number of rotatable bonds is 2. The van der Waals surface area contributed by atoms with E-state index in [0.717, 1.165) is 16.9 Å². The van der Waals surface area contributed by atoms with Crippen molar-refractivity contribution in [1.29, 1.82) is 0 Å². The van der Waals surface area contributed by atoms with Gasteiger partial charge in [-0.05, 0) is 23.6 Å². The van der Waals surface area contributed by atoms with E-state index in [1.54, 1.807) is 17.8 Å². The molecule has 1 heterocycles. The van der Waals surface area contributed by atoms with Gasteiger partial charge in [0.1, 0.15) is 0 Å². The third kappa shape index (κ3) is 1.95. The van der Waals surface area contributed by atoms with E-state index in [4.69, 9.17) is 0 Å². The lowest BCUT2D eigenvalue weighted by atomic mass is 9.99. The van der Waals surface area contributed by atoms with Gasteiger partial charge in [0.2, 0.25) is 0 Å². The van der Waals surface area contributed by atoms with Crippen molar-refractivity contribution >= 4 is 17.7 Å². The van der Waals surface area contributed by atoms with Crippen molar-refractivity contribution in [3.05, 3.63) is 29.3 Å². The average molecular weight is 238 g/mol. The van der Waals surface area contributed by atoms with Gasteiger partial charge in [-0.3, -0.25) is 0 Å². The molecule has 0 bridgehead atoms. The molecule has 2 atom stereocenters. The number of methoxy groups -OCH3 is 1. The zero-order valence-corrected chi connectivity index (χ0v) is 10.1. The highest BCUT2D eigenvalue weighted by Gasteiger charge is 2.27. The number of carbonyl (C=O) groups excluding carboxylic acids is 1. The van der Waals surface area contributed by atoms with Gasteiger partial charge in [0.25, 0.3) is 0 Å². The van der Waals surface area contributed by atoms with Crippen LogP contribution >= 0.6 is 11.8 Å². The SMILES string of the molecule is COC(=O)C(O)c1cccc2c1CC(C)S2. The Balaban J connectivity index is 2.36. The Kier molecular flexibility index (Phi) is 3.21. The number of fused-ring (bicyclic) bond motifs is 1. The van der Waals surface area contributed by atoms with Crippen molar-refractivity contribution in [3.63, 3.8) is 0 Å². The lowest BCUT2D eigenvalue weighted by Crippen LogP contribution is -2.15. The minimum atomic E-state index is -1.16. The summed E-state index contributed by atoms with van der Waals surface area (Å²) in [6.45, 7) is 2.14. The van der Waals surface area contributed by atoms with Gasteiger partial charge < -0.3 is 9.84 Å². The minimum absolute atomic E-state index is 0.501. The smallest absolute Gasteiger partial charge is 0.339 e. The molecule has 2 rings (SSSR count). The molecular formula is C12H14O3S. The summed E-state index contributed by atoms with van der Waals surface area (Å²) in [5.41, 5.74) is 1.76. The maximum absolute atomic E-state index is 11.3. The first-order valence-corrected chi connectivity index (χ1v) is 6.05. The van der Waals surface area contributed by atoms with E-state index in [2.05, 4.69) is 11.7 Å². The van der Waals surface area contributed by atoms with E-state index in [0.29, 0.717) is 10.8 Å². The molecule has 0 amide bonds. The van der Waals surface area contributed by atoms with Gasteiger partial charge in [-0.2, -0.15) is 0 Å². The van der Waals surface area contributed by atoms with Gasteiger partial charge in [-0.1, -0.05) is 19.1 Å². The van der Waals surface area contributed by atoms with Crippen LogP contribution in [0.15, 0.2) is 23.1 Å². The molecule has 0 aromatic heterocycles. The van der Waals surface area contributed by atoms with Crippen LogP contribution in [0, 0.1) is 0 Å². The van der Waals surface area contributed by atoms with E-state index < -0.39 is 12.1 Å². The van der Waals surface area contributed by atoms with Gasteiger partial charge in [0.15, 0.2) is 6.10 Å². The number of carbonyl (C=O) groups is 1. The number of ether oxygens (including phenoxy) is 1. The topological polar surface area (TPSA) is 46.5 Å². The van der Waals surface area contributed by atoms with Crippen LogP contribution in [-0.2, 0) is 16.0 Å². The van der Waals surface area contributed by atoms with E-state index in [1.165, 1.54) is 7.11 Å². The molecule has 4 heteroatoms. The third-order valence-corrected chi connectivity index (χ3v) is 3.91. The number of thioether (sulfide) groups is 1. The van der Waals surface area contributed by atoms with E-state index in [9.17, 15) is 9.90 Å². The minimum Gasteiger partial charge on any atom is -0.467 e. The fourth-order valence-corrected chi connectivity index (χ4v) is 3.14. The van der Waals surface area contributed by atoms with Crippen LogP contribution < -0.4 is 0 Å². The molecule has 0 aliphatic carbocycles. The van der Waals surface area contributed by atoms with Crippen molar-refractivity contribution in [2.75, 3.05) is 7.11 Å². The summed E-state index contributed by atoms with van der Waals surface area (Å²) in [4.78, 5) is 12.5. The maximum atomic E-state index is 11.3. The summed E-state index contributed by atoms with van der Waals surface area (Å²) in [6, 6.07) is 5.68. The zero-order chi connectivity index (χ0) is 11.7. The first-order chi connectivity index (χ1) is 7.63. The highest BCUT2D eigenvalue weighted by atomic mass is 32.2. The van der Waals surface area contributed by atoms with Crippen molar-refractivity contribution in [2.24, 2.45) is 0 Å². The number of benzene rings is 1. The summed E-state index contributed by atoms with van der Waals surface area (Å²) >= 11 is 1.78. The Hall–Kier alpha value is -1.00. The van der Waals surface area contributed by atoms with Crippen LogP contribution in [0.25, 0.3) is 0 Å². The van der Waals surface area contributed by atoms with Crippen molar-refractivity contribution in [3.8, 4) is 0 Å². The Labute approximate surface area is 98.8 Å². The molecule has 0 spiro atoms. The van der Waals surface area contributed by atoms with Crippen LogP contribution in [0.2, 0.25) is 0 Å². The highest BCUT2D eigenvalue weighted by molar-refractivity contribution is 8.00. The van der Waals surface area contributed by atoms with Crippen molar-refractivity contribution < 1.29 is 14.6 Å². The molecule has 16 heavy (non-hydrogen) atoms. The van der Waals surface area contributed by atoms with Crippen molar-refractivity contribution in [2.45, 2.75) is 29.6 Å². The number of hydrogen-bond donors (Lipinski definition) is 1. The third-order valence-electron chi connectivity index (χ3n) is 2.71. The predicted octanol–water partition coefficient (Wildman–Crippen LogP) is 1.93. The monoisotopic (exact) mass is 238 g/mol. The van der Waals surface area contributed by atoms with Gasteiger partial charge >= 0.3 is 5.97 Å². The maximum Gasteiger partial charge on any atom is 0.339 e. The normalized spacial score (nSPS) is 20.3. The molecular weight excluding hydrogens is 224 g/mol. The summed E-state index contributed by atoms with van der Waals surface area (Å²) < 4.78 is 4.56. The van der Waals surface area contributed by atoms with E-state index in [1.807, 2.05) is 12.1 Å². The lowest BCUT2D eigenvalue weighted by molar-refractivity contribution is -0.150. The molecule has 0 fully saturated rings. The molecule has 2 unspecified atom stereocenters. The number of hydrogen-bond acceptors (Lipinski definition) is 4. The quantitative estimate of drug-likeness (QED) is 0.800. The van der Waals surface area contributed by atoms with Crippen LogP contribution in [0.3, 0.4) is 0 Å². The van der Waals surface area contributed by atoms with Gasteiger partial charge in [0, 0.05) is 10.1 Å². The Morgan fingerprint density at radius 3 is 3.06 bits per heavy atom. The predicted molar refractivity (Wildman–Crippen MR) is 62.4 cm³/mol. The van der Waals surface area contributed by atoms with Crippen LogP contribution in [0.1, 0.15) is 24.2 Å². The average Bonchev–Trinajstić information content (AvgIpc) is 2.66. The second-order valence-electron chi connectivity index (χ2n) is 3.88. The molecule has 0 radical (unpaired) electrons. The molecule has 86 valence electrons. The highest BCUT2D eigenvalue weighted by Crippen LogP contribution is 2.40. The summed E-state index contributed by atoms with van der Waals surface area (Å²) in [5.74, 6) is -0.599. The Morgan fingerprint density at radius 2 is 2.38 bits per heavy atom. The molecule has 1 aliphatic rings. The lowest BCUT2D eigenvalue weighted by Gasteiger charge is -2.12. The molecule has 1 aromatic rings. The molecule has 1 aliphatic heterocycles. The van der Waals surface area contributed by atoms with Crippen LogP contribution in [0.5, 0.6) is 0 Å². The second-order valence-corrected chi connectivity index (χ2v) is 5.36. The fraction of sp³-hybridized carbons (Fsp3) is 0.417. The van der Waals surface area contributed by atoms with E-state index in [-0.39, 0.29) is 0 Å². The Bertz CT molecular complexity index is 417. The number of esters is 1. The first-order valence-electron chi connectivity index (χ1n) is 5.18.